The van der Waals surface area contributed by atoms with Gasteiger partial charge in [-0.1, -0.05) is 6.07 Å². The average molecular weight is 367 g/mol. The van der Waals surface area contributed by atoms with Gasteiger partial charge >= 0.3 is 0 Å². The molecule has 0 saturated carbocycles. The molecule has 0 aliphatic rings. The van der Waals surface area contributed by atoms with Gasteiger partial charge in [0.05, 0.1) is 23.6 Å². The molecule has 0 fully saturated rings. The second-order valence-electron chi connectivity index (χ2n) is 5.98. The van der Waals surface area contributed by atoms with E-state index in [-0.39, 0.29) is 0 Å². The highest BCUT2D eigenvalue weighted by Gasteiger charge is 2.09. The minimum atomic E-state index is -2.34. The highest BCUT2D eigenvalue weighted by molar-refractivity contribution is 8.00. The number of fused-ring (bicyclic) bond motifs is 1. The molecule has 8 heteroatoms. The summed E-state index contributed by atoms with van der Waals surface area (Å²) in [5.74, 6) is 4.24. The highest BCUT2D eigenvalue weighted by Crippen LogP contribution is 2.27. The van der Waals surface area contributed by atoms with Gasteiger partial charge in [0.2, 0.25) is 0 Å². The number of aromatic nitrogens is 3. The molecular formula is C18H17N5O2S. The van der Waals surface area contributed by atoms with Gasteiger partial charge in [-0.15, -0.1) is 0 Å². The fraction of sp³-hybridized carbons (Fsp3) is 0.0556. The molecule has 2 aromatic carbocycles. The molecule has 0 radical (unpaired) electrons. The maximum Gasteiger partial charge on any atom is 0.299 e. The zero-order chi connectivity index (χ0) is 18.1. The lowest BCUT2D eigenvalue weighted by Gasteiger charge is -2.09. The molecule has 0 amide bonds. The molecule has 0 aliphatic heterocycles. The van der Waals surface area contributed by atoms with Gasteiger partial charge in [0, 0.05) is 32.9 Å². The van der Waals surface area contributed by atoms with Crippen molar-refractivity contribution < 1.29 is 8.63 Å². The summed E-state index contributed by atoms with van der Waals surface area (Å²) in [6.45, 7) is 0. The summed E-state index contributed by atoms with van der Waals surface area (Å²) in [6, 6.07) is 13.5. The van der Waals surface area contributed by atoms with E-state index in [1.807, 2.05) is 42.5 Å². The third-order valence-corrected chi connectivity index (χ3v) is 4.33. The van der Waals surface area contributed by atoms with Crippen LogP contribution in [0.5, 0.6) is 0 Å². The van der Waals surface area contributed by atoms with Crippen LogP contribution in [0.2, 0.25) is 0 Å². The van der Waals surface area contributed by atoms with E-state index in [4.69, 9.17) is 4.42 Å². The molecule has 2 aromatic heterocycles. The Morgan fingerprint density at radius 2 is 2.00 bits per heavy atom. The van der Waals surface area contributed by atoms with Gasteiger partial charge < -0.3 is 19.4 Å². The first-order valence-corrected chi connectivity index (χ1v) is 9.96. The Labute approximate surface area is 150 Å². The molecule has 7 nitrogen and oxygen atoms in total. The standard InChI is InChI=1S/C18H17N5O2S/c1-26(2,24)23-14-5-3-4-13(9-14)22-18-19-10-17(25-18)12-6-7-15-16(8-12)21-11-20-15/h3-11H,1H2,2H3,(H,19,22)(H,20,21)(H,23,24). The van der Waals surface area contributed by atoms with Crippen LogP contribution in [-0.2, 0) is 9.71 Å². The summed E-state index contributed by atoms with van der Waals surface area (Å²) in [4.78, 5) is 11.5. The number of anilines is 3. The number of H-pyrrole nitrogens is 1. The smallest absolute Gasteiger partial charge is 0.299 e. The van der Waals surface area contributed by atoms with Crippen molar-refractivity contribution in [3.63, 3.8) is 0 Å². The first-order chi connectivity index (χ1) is 12.5. The molecule has 1 atom stereocenters. The van der Waals surface area contributed by atoms with E-state index < -0.39 is 9.71 Å². The Morgan fingerprint density at radius 1 is 1.15 bits per heavy atom. The number of benzene rings is 2. The molecule has 26 heavy (non-hydrogen) atoms. The Morgan fingerprint density at radius 3 is 2.85 bits per heavy atom. The van der Waals surface area contributed by atoms with Crippen LogP contribution >= 0.6 is 0 Å². The molecule has 132 valence electrons. The van der Waals surface area contributed by atoms with Crippen LogP contribution in [0.15, 0.2) is 59.4 Å². The number of hydrogen-bond acceptors (Lipinski definition) is 5. The van der Waals surface area contributed by atoms with Crippen molar-refractivity contribution in [2.75, 3.05) is 16.3 Å². The Kier molecular flexibility index (Phi) is 3.89. The molecule has 3 N–H and O–H groups in total. The summed E-state index contributed by atoms with van der Waals surface area (Å²) < 4.78 is 20.4. The molecule has 1 unspecified atom stereocenters. The first kappa shape index (κ1) is 16.2. The summed E-state index contributed by atoms with van der Waals surface area (Å²) in [5.41, 5.74) is 4.20. The van der Waals surface area contributed by atoms with Gasteiger partial charge in [-0.25, -0.2) is 14.2 Å². The van der Waals surface area contributed by atoms with Gasteiger partial charge in [-0.05, 0) is 42.3 Å². The predicted octanol–water partition coefficient (Wildman–Crippen LogP) is 3.63. The van der Waals surface area contributed by atoms with E-state index in [2.05, 4.69) is 30.9 Å². The fourth-order valence-corrected chi connectivity index (χ4v) is 3.21. The van der Waals surface area contributed by atoms with Crippen LogP contribution in [0, 0.1) is 0 Å². The van der Waals surface area contributed by atoms with E-state index in [9.17, 15) is 4.21 Å². The van der Waals surface area contributed by atoms with E-state index in [0.29, 0.717) is 17.5 Å². The zero-order valence-corrected chi connectivity index (χ0v) is 14.8. The van der Waals surface area contributed by atoms with E-state index in [0.717, 1.165) is 22.3 Å². The van der Waals surface area contributed by atoms with Crippen molar-refractivity contribution in [2.24, 2.45) is 0 Å². The van der Waals surface area contributed by atoms with Crippen molar-refractivity contribution in [1.82, 2.24) is 15.0 Å². The number of aromatic amines is 1. The highest BCUT2D eigenvalue weighted by atomic mass is 32.2. The molecule has 4 aromatic rings. The maximum atomic E-state index is 11.8. The molecular weight excluding hydrogens is 350 g/mol. The second kappa shape index (κ2) is 6.23. The minimum Gasteiger partial charge on any atom is -0.423 e. The summed E-state index contributed by atoms with van der Waals surface area (Å²) in [6.07, 6.45) is 4.87. The summed E-state index contributed by atoms with van der Waals surface area (Å²) in [5, 5.41) is 3.10. The van der Waals surface area contributed by atoms with Gasteiger partial charge in [0.15, 0.2) is 5.76 Å². The predicted molar refractivity (Wildman–Crippen MR) is 106 cm³/mol. The second-order valence-corrected chi connectivity index (χ2v) is 8.19. The molecule has 2 heterocycles. The number of oxazole rings is 1. The molecule has 4 rings (SSSR count). The molecule has 0 saturated heterocycles. The number of rotatable bonds is 5. The Bertz CT molecular complexity index is 1180. The molecule has 0 aliphatic carbocycles. The van der Waals surface area contributed by atoms with Crippen LogP contribution in [0.1, 0.15) is 0 Å². The van der Waals surface area contributed by atoms with Gasteiger partial charge in [-0.3, -0.25) is 0 Å². The quantitative estimate of drug-likeness (QED) is 0.468. The third kappa shape index (κ3) is 3.55. The lowest BCUT2D eigenvalue weighted by molar-refractivity contribution is 0.592. The molecule has 0 spiro atoms. The van der Waals surface area contributed by atoms with Crippen molar-refractivity contribution in [1.29, 1.82) is 0 Å². The Balaban J connectivity index is 1.56. The number of imidazole rings is 1. The molecule has 0 bridgehead atoms. The Hall–Kier alpha value is -3.26. The normalized spacial score (nSPS) is 13.4. The van der Waals surface area contributed by atoms with Crippen LogP contribution in [0.3, 0.4) is 0 Å². The van der Waals surface area contributed by atoms with Crippen molar-refractivity contribution in [2.45, 2.75) is 0 Å². The maximum absolute atomic E-state index is 11.8. The number of nitrogens with one attached hydrogen (secondary N) is 3. The van der Waals surface area contributed by atoms with E-state index in [1.54, 1.807) is 18.8 Å². The minimum absolute atomic E-state index is 0.369. The average Bonchev–Trinajstić information content (AvgIpc) is 3.21. The van der Waals surface area contributed by atoms with E-state index in [1.165, 1.54) is 0 Å². The van der Waals surface area contributed by atoms with Crippen molar-refractivity contribution >= 4 is 44.0 Å². The van der Waals surface area contributed by atoms with Gasteiger partial charge in [0.1, 0.15) is 0 Å². The first-order valence-electron chi connectivity index (χ1n) is 7.83. The topological polar surface area (TPSA) is 95.8 Å². The van der Waals surface area contributed by atoms with Crippen molar-refractivity contribution in [3.05, 3.63) is 55.0 Å². The van der Waals surface area contributed by atoms with Gasteiger partial charge in [-0.2, -0.15) is 0 Å². The van der Waals surface area contributed by atoms with Crippen LogP contribution < -0.4 is 10.0 Å². The van der Waals surface area contributed by atoms with Crippen LogP contribution in [-0.4, -0.2) is 31.3 Å². The monoisotopic (exact) mass is 367 g/mol. The summed E-state index contributed by atoms with van der Waals surface area (Å²) >= 11 is 0. The van der Waals surface area contributed by atoms with Gasteiger partial charge in [0.25, 0.3) is 6.01 Å². The van der Waals surface area contributed by atoms with Crippen LogP contribution in [0.4, 0.5) is 17.4 Å². The fourth-order valence-electron chi connectivity index (χ4n) is 2.59. The zero-order valence-electron chi connectivity index (χ0n) is 14.0. The SMILES string of the molecule is C=S(C)(=O)Nc1cccc(Nc2ncc(-c3ccc4nc[nH]c4c3)o2)c1. The number of hydrogen-bond donors (Lipinski definition) is 3. The van der Waals surface area contributed by atoms with Crippen LogP contribution in [0.25, 0.3) is 22.4 Å². The largest absolute Gasteiger partial charge is 0.423 e. The lowest BCUT2D eigenvalue weighted by Crippen LogP contribution is -2.09. The summed E-state index contributed by atoms with van der Waals surface area (Å²) in [7, 11) is -2.34. The number of nitrogens with zero attached hydrogens (tertiary/aromatic N) is 2. The third-order valence-electron chi connectivity index (χ3n) is 3.66. The lowest BCUT2D eigenvalue weighted by atomic mass is 10.1. The van der Waals surface area contributed by atoms with E-state index >= 15 is 0 Å². The van der Waals surface area contributed by atoms with Crippen molar-refractivity contribution in [3.8, 4) is 11.3 Å².